The van der Waals surface area contributed by atoms with E-state index in [0.29, 0.717) is 13.1 Å². The minimum atomic E-state index is -0.452. The average molecular weight is 371 g/mol. The van der Waals surface area contributed by atoms with Crippen molar-refractivity contribution in [2.45, 2.75) is 46.3 Å². The number of likely N-dealkylation sites (tertiary alicyclic amines) is 1. The monoisotopic (exact) mass is 371 g/mol. The van der Waals surface area contributed by atoms with Crippen molar-refractivity contribution in [2.24, 2.45) is 10.9 Å². The Bertz CT molecular complexity index is 850. The van der Waals surface area contributed by atoms with Crippen LogP contribution in [0.1, 0.15) is 38.4 Å². The molecule has 2 aromatic rings. The molecule has 1 saturated heterocycles. The highest BCUT2D eigenvalue weighted by molar-refractivity contribution is 5.82. The van der Waals surface area contributed by atoms with Gasteiger partial charge in [-0.15, -0.1) is 0 Å². The molecule has 2 aromatic heterocycles. The molecule has 0 saturated carbocycles. The molecule has 3 heterocycles. The fourth-order valence-corrected chi connectivity index (χ4v) is 3.25. The predicted molar refractivity (Wildman–Crippen MR) is 106 cm³/mol. The maximum atomic E-state index is 12.3. The summed E-state index contributed by atoms with van der Waals surface area (Å²) in [6.45, 7) is 9.74. The van der Waals surface area contributed by atoms with E-state index in [1.807, 2.05) is 37.6 Å². The van der Waals surface area contributed by atoms with E-state index in [4.69, 9.17) is 4.74 Å². The van der Waals surface area contributed by atoms with Crippen LogP contribution in [-0.4, -0.2) is 52.0 Å². The van der Waals surface area contributed by atoms with Crippen molar-refractivity contribution in [3.63, 3.8) is 0 Å². The van der Waals surface area contributed by atoms with E-state index in [1.54, 1.807) is 7.05 Å². The Kier molecular flexibility index (Phi) is 5.39. The van der Waals surface area contributed by atoms with E-state index in [9.17, 15) is 4.79 Å². The van der Waals surface area contributed by atoms with Crippen molar-refractivity contribution in [1.82, 2.24) is 19.6 Å². The summed E-state index contributed by atoms with van der Waals surface area (Å²) in [5.74, 6) is 0.548. The zero-order valence-corrected chi connectivity index (χ0v) is 16.8. The van der Waals surface area contributed by atoms with Gasteiger partial charge < -0.3 is 19.4 Å². The molecule has 0 aromatic carbocycles. The van der Waals surface area contributed by atoms with Crippen LogP contribution in [0.5, 0.6) is 0 Å². The number of guanidine groups is 1. The van der Waals surface area contributed by atoms with Gasteiger partial charge in [0.15, 0.2) is 5.96 Å². The number of nitrogens with one attached hydrogen (secondary N) is 1. The van der Waals surface area contributed by atoms with E-state index in [1.165, 1.54) is 5.56 Å². The lowest BCUT2D eigenvalue weighted by molar-refractivity contribution is -0.159. The molecule has 0 spiro atoms. The summed E-state index contributed by atoms with van der Waals surface area (Å²) >= 11 is 0. The van der Waals surface area contributed by atoms with Crippen molar-refractivity contribution in [3.05, 3.63) is 35.8 Å². The topological polar surface area (TPSA) is 71.2 Å². The lowest BCUT2D eigenvalue weighted by Gasteiger charge is -2.23. The molecular formula is C20H29N5O2. The smallest absolute Gasteiger partial charge is 0.311 e. The van der Waals surface area contributed by atoms with Crippen molar-refractivity contribution < 1.29 is 9.53 Å². The molecule has 0 amide bonds. The zero-order chi connectivity index (χ0) is 19.6. The van der Waals surface area contributed by atoms with Gasteiger partial charge in [0.1, 0.15) is 11.2 Å². The molecule has 1 N–H and O–H groups in total. The first-order chi connectivity index (χ1) is 12.7. The number of aliphatic imine (C=N–C) groups is 1. The van der Waals surface area contributed by atoms with Crippen molar-refractivity contribution in [3.8, 4) is 0 Å². The number of hydrogen-bond donors (Lipinski definition) is 1. The molecule has 1 aliphatic heterocycles. The van der Waals surface area contributed by atoms with Crippen LogP contribution in [0.2, 0.25) is 0 Å². The first-order valence-electron chi connectivity index (χ1n) is 9.38. The second-order valence-corrected chi connectivity index (χ2v) is 8.07. The van der Waals surface area contributed by atoms with E-state index in [0.717, 1.165) is 30.3 Å². The highest BCUT2D eigenvalue weighted by Crippen LogP contribution is 2.21. The van der Waals surface area contributed by atoms with Crippen LogP contribution in [0.25, 0.3) is 5.65 Å². The number of esters is 1. The summed E-state index contributed by atoms with van der Waals surface area (Å²) < 4.78 is 7.53. The van der Waals surface area contributed by atoms with Crippen LogP contribution < -0.4 is 5.32 Å². The Hall–Kier alpha value is -2.57. The highest BCUT2D eigenvalue weighted by Gasteiger charge is 2.33. The zero-order valence-electron chi connectivity index (χ0n) is 16.8. The van der Waals surface area contributed by atoms with Crippen LogP contribution in [-0.2, 0) is 16.1 Å². The summed E-state index contributed by atoms with van der Waals surface area (Å²) in [5, 5.41) is 3.36. The van der Waals surface area contributed by atoms with Crippen LogP contribution in [0, 0.1) is 12.8 Å². The molecule has 1 unspecified atom stereocenters. The van der Waals surface area contributed by atoms with Crippen LogP contribution in [0.15, 0.2) is 29.5 Å². The number of carbonyl (C=O) groups excluding carboxylic acids is 1. The van der Waals surface area contributed by atoms with Gasteiger partial charge in [0, 0.05) is 32.5 Å². The molecule has 7 nitrogen and oxygen atoms in total. The number of ether oxygens (including phenoxy) is 1. The van der Waals surface area contributed by atoms with Gasteiger partial charge in [-0.2, -0.15) is 0 Å². The van der Waals surface area contributed by atoms with Gasteiger partial charge >= 0.3 is 5.97 Å². The Morgan fingerprint density at radius 2 is 2.22 bits per heavy atom. The number of aromatic nitrogens is 2. The summed E-state index contributed by atoms with van der Waals surface area (Å²) in [6.07, 6.45) is 4.81. The molecule has 27 heavy (non-hydrogen) atoms. The number of carbonyl (C=O) groups is 1. The number of hydrogen-bond acceptors (Lipinski definition) is 4. The summed E-state index contributed by atoms with van der Waals surface area (Å²) in [4.78, 5) is 23.4. The minimum absolute atomic E-state index is 0.110. The molecule has 0 bridgehead atoms. The Balaban J connectivity index is 1.58. The standard InChI is InChI=1S/C20H29N5O2/c1-14-6-8-24-13-16(23-17(24)10-14)11-22-19(21-5)25-9-7-15(12-25)18(26)27-20(2,3)4/h6,8,10,13,15H,7,9,11-12H2,1-5H3,(H,21,22). The molecule has 3 rings (SSSR count). The first-order valence-corrected chi connectivity index (χ1v) is 9.38. The van der Waals surface area contributed by atoms with Crippen molar-refractivity contribution >= 4 is 17.6 Å². The molecule has 7 heteroatoms. The van der Waals surface area contributed by atoms with Gasteiger partial charge in [-0.25, -0.2) is 4.98 Å². The maximum Gasteiger partial charge on any atom is 0.311 e. The molecule has 1 aliphatic rings. The minimum Gasteiger partial charge on any atom is -0.460 e. The maximum absolute atomic E-state index is 12.3. The quantitative estimate of drug-likeness (QED) is 0.510. The number of imidazole rings is 1. The van der Waals surface area contributed by atoms with Crippen LogP contribution >= 0.6 is 0 Å². The fourth-order valence-electron chi connectivity index (χ4n) is 3.25. The third-order valence-corrected chi connectivity index (χ3v) is 4.53. The molecule has 0 aliphatic carbocycles. The third-order valence-electron chi connectivity index (χ3n) is 4.53. The Morgan fingerprint density at radius 1 is 1.44 bits per heavy atom. The highest BCUT2D eigenvalue weighted by atomic mass is 16.6. The van der Waals surface area contributed by atoms with Gasteiger partial charge in [-0.3, -0.25) is 9.79 Å². The second-order valence-electron chi connectivity index (χ2n) is 8.07. The second kappa shape index (κ2) is 7.58. The summed E-state index contributed by atoms with van der Waals surface area (Å²) in [6, 6.07) is 4.12. The third kappa shape index (κ3) is 4.78. The Labute approximate surface area is 160 Å². The number of pyridine rings is 1. The van der Waals surface area contributed by atoms with E-state index >= 15 is 0 Å². The first kappa shape index (κ1) is 19.2. The fraction of sp³-hybridized carbons (Fsp3) is 0.550. The average Bonchev–Trinajstić information content (AvgIpc) is 3.20. The molecule has 146 valence electrons. The molecule has 1 atom stereocenters. The SMILES string of the molecule is CN=C(NCc1cn2ccc(C)cc2n1)N1CCC(C(=O)OC(C)(C)C)C1. The van der Waals surface area contributed by atoms with Gasteiger partial charge in [-0.1, -0.05) is 0 Å². The largest absolute Gasteiger partial charge is 0.460 e. The van der Waals surface area contributed by atoms with E-state index in [-0.39, 0.29) is 11.9 Å². The van der Waals surface area contributed by atoms with Crippen LogP contribution in [0.4, 0.5) is 0 Å². The molecule has 0 radical (unpaired) electrons. The summed E-state index contributed by atoms with van der Waals surface area (Å²) in [5.41, 5.74) is 2.62. The van der Waals surface area contributed by atoms with E-state index < -0.39 is 5.60 Å². The molecular weight excluding hydrogens is 342 g/mol. The number of nitrogens with zero attached hydrogens (tertiary/aromatic N) is 4. The lowest BCUT2D eigenvalue weighted by Crippen LogP contribution is -2.40. The number of fused-ring (bicyclic) bond motifs is 1. The predicted octanol–water partition coefficient (Wildman–Crippen LogP) is 2.38. The van der Waals surface area contributed by atoms with Gasteiger partial charge in [0.25, 0.3) is 0 Å². The normalized spacial score (nSPS) is 18.2. The molecule has 1 fully saturated rings. The number of rotatable bonds is 3. The number of aryl methyl sites for hydroxylation is 1. The van der Waals surface area contributed by atoms with Gasteiger partial charge in [-0.05, 0) is 51.8 Å². The van der Waals surface area contributed by atoms with Crippen molar-refractivity contribution in [2.75, 3.05) is 20.1 Å². The Morgan fingerprint density at radius 3 is 2.93 bits per heavy atom. The van der Waals surface area contributed by atoms with Gasteiger partial charge in [0.2, 0.25) is 0 Å². The summed E-state index contributed by atoms with van der Waals surface area (Å²) in [7, 11) is 1.76. The van der Waals surface area contributed by atoms with Crippen molar-refractivity contribution in [1.29, 1.82) is 0 Å². The van der Waals surface area contributed by atoms with Crippen LogP contribution in [0.3, 0.4) is 0 Å². The van der Waals surface area contributed by atoms with Gasteiger partial charge in [0.05, 0.1) is 18.2 Å². The lowest BCUT2D eigenvalue weighted by atomic mass is 10.1. The van der Waals surface area contributed by atoms with E-state index in [2.05, 4.69) is 39.2 Å².